The van der Waals surface area contributed by atoms with E-state index in [4.69, 9.17) is 0 Å². The van der Waals surface area contributed by atoms with E-state index in [1.165, 1.54) is 0 Å². The van der Waals surface area contributed by atoms with E-state index in [1.807, 2.05) is 67.6 Å². The summed E-state index contributed by atoms with van der Waals surface area (Å²) in [5.41, 5.74) is 1.91. The molecule has 1 amide bonds. The predicted octanol–water partition coefficient (Wildman–Crippen LogP) is 3.82. The summed E-state index contributed by atoms with van der Waals surface area (Å²) < 4.78 is 0. The fraction of sp³-hybridized carbons (Fsp3) is 0.188. The van der Waals surface area contributed by atoms with Crippen molar-refractivity contribution < 1.29 is 4.79 Å². The van der Waals surface area contributed by atoms with Gasteiger partial charge in [-0.15, -0.1) is 0 Å². The predicted molar refractivity (Wildman–Crippen MR) is 74.5 cm³/mol. The van der Waals surface area contributed by atoms with Crippen LogP contribution in [0.15, 0.2) is 60.7 Å². The highest BCUT2D eigenvalue weighted by atomic mass is 16.1. The number of amides is 1. The van der Waals surface area contributed by atoms with Crippen LogP contribution in [0.1, 0.15) is 24.8 Å². The molecule has 0 aromatic heterocycles. The molecule has 0 spiro atoms. The molecular weight excluding hydrogens is 222 g/mol. The molecule has 0 unspecified atom stereocenters. The third kappa shape index (κ3) is 2.98. The van der Waals surface area contributed by atoms with Crippen molar-refractivity contribution >= 4 is 11.6 Å². The lowest BCUT2D eigenvalue weighted by molar-refractivity contribution is -0.117. The maximum atomic E-state index is 12.2. The lowest BCUT2D eigenvalue weighted by Crippen LogP contribution is -2.20. The van der Waals surface area contributed by atoms with E-state index in [9.17, 15) is 4.79 Å². The van der Waals surface area contributed by atoms with Crippen molar-refractivity contribution in [1.82, 2.24) is 0 Å². The van der Waals surface area contributed by atoms with E-state index in [0.29, 0.717) is 0 Å². The highest BCUT2D eigenvalue weighted by molar-refractivity contribution is 5.95. The zero-order valence-corrected chi connectivity index (χ0v) is 10.5. The summed E-state index contributed by atoms with van der Waals surface area (Å²) >= 11 is 0. The minimum atomic E-state index is -0.0913. The molecule has 0 fully saturated rings. The Balaban J connectivity index is 2.12. The Morgan fingerprint density at radius 1 is 1.00 bits per heavy atom. The number of rotatable bonds is 4. The molecule has 0 heterocycles. The van der Waals surface area contributed by atoms with Crippen molar-refractivity contribution in [2.75, 3.05) is 5.32 Å². The summed E-state index contributed by atoms with van der Waals surface area (Å²) in [6, 6.07) is 19.5. The van der Waals surface area contributed by atoms with Crippen molar-refractivity contribution in [2.24, 2.45) is 0 Å². The lowest BCUT2D eigenvalue weighted by atomic mass is 9.95. The van der Waals surface area contributed by atoms with Crippen molar-refractivity contribution in [3.8, 4) is 0 Å². The number of carbonyl (C=O) groups excluding carboxylic acids is 1. The molecule has 2 nitrogen and oxygen atoms in total. The van der Waals surface area contributed by atoms with Gasteiger partial charge in [-0.3, -0.25) is 4.79 Å². The Morgan fingerprint density at radius 2 is 1.56 bits per heavy atom. The van der Waals surface area contributed by atoms with E-state index in [2.05, 4.69) is 5.32 Å². The standard InChI is InChI=1S/C16H17NO/c1-2-15(13-9-5-3-6-10-13)16(18)17-14-11-7-4-8-12-14/h3-12,15H,2H2,1H3,(H,17,18)/t15-/m0/s1. The number of anilines is 1. The van der Waals surface area contributed by atoms with Crippen LogP contribution < -0.4 is 5.32 Å². The molecule has 2 aromatic rings. The number of benzene rings is 2. The van der Waals surface area contributed by atoms with Gasteiger partial charge in [-0.25, -0.2) is 0 Å². The van der Waals surface area contributed by atoms with Crippen LogP contribution in [0.25, 0.3) is 0 Å². The fourth-order valence-corrected chi connectivity index (χ4v) is 2.01. The zero-order valence-electron chi connectivity index (χ0n) is 10.5. The molecule has 2 heteroatoms. The van der Waals surface area contributed by atoms with E-state index < -0.39 is 0 Å². The highest BCUT2D eigenvalue weighted by Crippen LogP contribution is 2.21. The van der Waals surface area contributed by atoms with Crippen molar-refractivity contribution in [3.63, 3.8) is 0 Å². The Morgan fingerprint density at radius 3 is 2.11 bits per heavy atom. The number of carbonyl (C=O) groups is 1. The van der Waals surface area contributed by atoms with Crippen LogP contribution in [0.3, 0.4) is 0 Å². The van der Waals surface area contributed by atoms with Gasteiger partial charge in [0, 0.05) is 5.69 Å². The Bertz CT molecular complexity index is 493. The quantitative estimate of drug-likeness (QED) is 0.863. The van der Waals surface area contributed by atoms with Crippen molar-refractivity contribution in [3.05, 3.63) is 66.2 Å². The van der Waals surface area contributed by atoms with Gasteiger partial charge >= 0.3 is 0 Å². The van der Waals surface area contributed by atoms with Gasteiger partial charge in [-0.1, -0.05) is 55.5 Å². The second-order valence-corrected chi connectivity index (χ2v) is 4.23. The third-order valence-electron chi connectivity index (χ3n) is 2.97. The molecule has 0 radical (unpaired) electrons. The van der Waals surface area contributed by atoms with Crippen LogP contribution >= 0.6 is 0 Å². The van der Waals surface area contributed by atoms with E-state index in [1.54, 1.807) is 0 Å². The number of hydrogen-bond acceptors (Lipinski definition) is 1. The molecule has 1 atom stereocenters. The van der Waals surface area contributed by atoms with E-state index in [0.717, 1.165) is 17.7 Å². The molecule has 2 rings (SSSR count). The average Bonchev–Trinajstić information content (AvgIpc) is 2.42. The van der Waals surface area contributed by atoms with Gasteiger partial charge in [0.1, 0.15) is 0 Å². The molecule has 0 aliphatic carbocycles. The Kier molecular flexibility index (Phi) is 4.13. The molecule has 1 N–H and O–H groups in total. The molecule has 0 aliphatic rings. The van der Waals surface area contributed by atoms with Gasteiger partial charge < -0.3 is 5.32 Å². The molecule has 2 aromatic carbocycles. The first kappa shape index (κ1) is 12.4. The van der Waals surface area contributed by atoms with Gasteiger partial charge in [0.25, 0.3) is 0 Å². The SMILES string of the molecule is CC[C@H](C(=O)Nc1ccccc1)c1ccccc1. The van der Waals surface area contributed by atoms with E-state index in [-0.39, 0.29) is 11.8 Å². The molecule has 18 heavy (non-hydrogen) atoms. The van der Waals surface area contributed by atoms with Crippen LogP contribution in [-0.4, -0.2) is 5.91 Å². The van der Waals surface area contributed by atoms with Gasteiger partial charge in [-0.05, 0) is 24.1 Å². The smallest absolute Gasteiger partial charge is 0.231 e. The molecule has 0 aliphatic heterocycles. The largest absolute Gasteiger partial charge is 0.326 e. The van der Waals surface area contributed by atoms with Crippen LogP contribution in [0.2, 0.25) is 0 Å². The van der Waals surface area contributed by atoms with Gasteiger partial charge in [0.2, 0.25) is 5.91 Å². The maximum absolute atomic E-state index is 12.2. The summed E-state index contributed by atoms with van der Waals surface area (Å²) in [5.74, 6) is -0.0405. The van der Waals surface area contributed by atoms with Crippen molar-refractivity contribution in [1.29, 1.82) is 0 Å². The monoisotopic (exact) mass is 239 g/mol. The summed E-state index contributed by atoms with van der Waals surface area (Å²) in [4.78, 5) is 12.2. The number of para-hydroxylation sites is 1. The molecular formula is C16H17NO. The number of nitrogens with one attached hydrogen (secondary N) is 1. The topological polar surface area (TPSA) is 29.1 Å². The summed E-state index contributed by atoms with van der Waals surface area (Å²) in [6.45, 7) is 2.03. The average molecular weight is 239 g/mol. The summed E-state index contributed by atoms with van der Waals surface area (Å²) in [7, 11) is 0. The van der Waals surface area contributed by atoms with Crippen LogP contribution in [0.5, 0.6) is 0 Å². The fourth-order valence-electron chi connectivity index (χ4n) is 2.01. The molecule has 0 saturated heterocycles. The highest BCUT2D eigenvalue weighted by Gasteiger charge is 2.18. The summed E-state index contributed by atoms with van der Waals surface area (Å²) in [5, 5.41) is 2.95. The number of hydrogen-bond donors (Lipinski definition) is 1. The lowest BCUT2D eigenvalue weighted by Gasteiger charge is -2.15. The summed E-state index contributed by atoms with van der Waals surface area (Å²) in [6.07, 6.45) is 0.794. The molecule has 0 saturated carbocycles. The molecule has 0 bridgehead atoms. The minimum absolute atomic E-state index is 0.0508. The Hall–Kier alpha value is -2.09. The van der Waals surface area contributed by atoms with Crippen molar-refractivity contribution in [2.45, 2.75) is 19.3 Å². The normalized spacial score (nSPS) is 11.8. The first-order chi connectivity index (χ1) is 8.81. The molecule has 92 valence electrons. The van der Waals surface area contributed by atoms with Crippen LogP contribution in [0, 0.1) is 0 Å². The van der Waals surface area contributed by atoms with Gasteiger partial charge in [0.15, 0.2) is 0 Å². The van der Waals surface area contributed by atoms with Gasteiger partial charge in [0.05, 0.1) is 5.92 Å². The zero-order chi connectivity index (χ0) is 12.8. The first-order valence-electron chi connectivity index (χ1n) is 6.22. The van der Waals surface area contributed by atoms with Crippen LogP contribution in [-0.2, 0) is 4.79 Å². The van der Waals surface area contributed by atoms with Gasteiger partial charge in [-0.2, -0.15) is 0 Å². The van der Waals surface area contributed by atoms with Crippen LogP contribution in [0.4, 0.5) is 5.69 Å². The Labute approximate surface area is 108 Å². The first-order valence-corrected chi connectivity index (χ1v) is 6.22. The maximum Gasteiger partial charge on any atom is 0.231 e. The second kappa shape index (κ2) is 6.01. The minimum Gasteiger partial charge on any atom is -0.326 e. The third-order valence-corrected chi connectivity index (χ3v) is 2.97. The van der Waals surface area contributed by atoms with E-state index >= 15 is 0 Å². The second-order valence-electron chi connectivity index (χ2n) is 4.23.